The Morgan fingerprint density at radius 1 is 1.09 bits per heavy atom. The zero-order valence-electron chi connectivity index (χ0n) is 12.2. The van der Waals surface area contributed by atoms with Gasteiger partial charge in [-0.05, 0) is 40.7 Å². The van der Waals surface area contributed by atoms with Crippen LogP contribution in [-0.4, -0.2) is 10.1 Å². The summed E-state index contributed by atoms with van der Waals surface area (Å²) < 4.78 is 0. The van der Waals surface area contributed by atoms with E-state index < -0.39 is 0 Å². The monoisotopic (exact) mass is 336 g/mol. The number of fused-ring (bicyclic) bond motifs is 3. The Kier molecular flexibility index (Phi) is 2.94. The predicted molar refractivity (Wildman–Crippen MR) is 97.3 cm³/mol. The Bertz CT molecular complexity index is 896. The first kappa shape index (κ1) is 13.5. The summed E-state index contributed by atoms with van der Waals surface area (Å²) in [6.45, 7) is 0. The molecule has 23 heavy (non-hydrogen) atoms. The van der Waals surface area contributed by atoms with Gasteiger partial charge in [-0.1, -0.05) is 59.8 Å². The van der Waals surface area contributed by atoms with Crippen LogP contribution in [0.2, 0.25) is 5.02 Å². The smallest absolute Gasteiger partial charge is 0.173 e. The second-order valence-corrected chi connectivity index (χ2v) is 7.18. The minimum absolute atomic E-state index is 0.202. The van der Waals surface area contributed by atoms with Crippen LogP contribution in [0, 0.1) is 0 Å². The molecule has 3 aliphatic rings. The normalized spacial score (nSPS) is 21.2. The molecule has 0 radical (unpaired) electrons. The molecule has 5 rings (SSSR count). The number of halogens is 1. The van der Waals surface area contributed by atoms with E-state index in [1.807, 2.05) is 12.1 Å². The van der Waals surface area contributed by atoms with E-state index in [0.29, 0.717) is 0 Å². The van der Waals surface area contributed by atoms with Crippen LogP contribution >= 0.6 is 23.4 Å². The molecular formula is C19H13ClN2S. The molecule has 2 heterocycles. The molecule has 2 aliphatic heterocycles. The minimum atomic E-state index is 0.202. The number of aliphatic imine (C=N–C) groups is 1. The fourth-order valence-electron chi connectivity index (χ4n) is 3.56. The van der Waals surface area contributed by atoms with Crippen molar-refractivity contribution >= 4 is 34.2 Å². The lowest BCUT2D eigenvalue weighted by atomic mass is 9.94. The molecule has 0 bridgehead atoms. The number of benzene rings is 2. The number of amidine groups is 1. The van der Waals surface area contributed by atoms with Crippen molar-refractivity contribution in [1.82, 2.24) is 4.90 Å². The Hall–Kier alpha value is -1.97. The molecule has 4 heteroatoms. The van der Waals surface area contributed by atoms with Crippen molar-refractivity contribution in [2.75, 3.05) is 0 Å². The van der Waals surface area contributed by atoms with Gasteiger partial charge in [0.15, 0.2) is 5.17 Å². The molecule has 0 aromatic heterocycles. The number of hydrogen-bond acceptors (Lipinski definition) is 3. The summed E-state index contributed by atoms with van der Waals surface area (Å²) in [6.07, 6.45) is 3.10. The van der Waals surface area contributed by atoms with Gasteiger partial charge in [0, 0.05) is 16.8 Å². The molecule has 1 unspecified atom stereocenters. The highest BCUT2D eigenvalue weighted by atomic mass is 35.5. The lowest BCUT2D eigenvalue weighted by Gasteiger charge is -2.33. The van der Waals surface area contributed by atoms with E-state index in [4.69, 9.17) is 16.6 Å². The number of hydrogen-bond donors (Lipinski definition) is 0. The van der Waals surface area contributed by atoms with Gasteiger partial charge in [-0.15, -0.1) is 0 Å². The van der Waals surface area contributed by atoms with Crippen LogP contribution in [0.25, 0.3) is 5.70 Å². The highest BCUT2D eigenvalue weighted by Gasteiger charge is 2.37. The van der Waals surface area contributed by atoms with E-state index >= 15 is 0 Å². The maximum Gasteiger partial charge on any atom is 0.173 e. The van der Waals surface area contributed by atoms with E-state index in [1.165, 1.54) is 22.3 Å². The lowest BCUT2D eigenvalue weighted by Crippen LogP contribution is -2.30. The fourth-order valence-corrected chi connectivity index (χ4v) is 4.43. The molecule has 2 aromatic carbocycles. The molecule has 0 N–H and O–H groups in total. The molecule has 0 spiro atoms. The van der Waals surface area contributed by atoms with Crippen LogP contribution in [0.5, 0.6) is 0 Å². The van der Waals surface area contributed by atoms with E-state index in [2.05, 4.69) is 52.9 Å². The summed E-state index contributed by atoms with van der Waals surface area (Å²) in [5, 5.41) is 3.93. The van der Waals surface area contributed by atoms with Gasteiger partial charge in [0.05, 0.1) is 11.7 Å². The van der Waals surface area contributed by atoms with Gasteiger partial charge in [-0.25, -0.2) is 4.99 Å². The SMILES string of the molecule is Clc1ccc(C2C3=C(N=C4SC=CN42)c2ccccc2C3)cc1. The number of rotatable bonds is 1. The molecule has 1 atom stereocenters. The molecule has 2 aromatic rings. The third-order valence-electron chi connectivity index (χ3n) is 4.57. The Balaban J connectivity index is 1.69. The van der Waals surface area contributed by atoms with Gasteiger partial charge < -0.3 is 4.90 Å². The van der Waals surface area contributed by atoms with Gasteiger partial charge >= 0.3 is 0 Å². The Morgan fingerprint density at radius 3 is 2.78 bits per heavy atom. The summed E-state index contributed by atoms with van der Waals surface area (Å²) in [4.78, 5) is 7.21. The minimum Gasteiger partial charge on any atom is -0.315 e. The standard InChI is InChI=1S/C19H13ClN2S/c20-14-7-5-12(6-8-14)18-16-11-13-3-1-2-4-15(13)17(16)21-19-22(18)9-10-23-19/h1-10,18H,11H2. The Labute approximate surface area is 144 Å². The third kappa shape index (κ3) is 2.00. The van der Waals surface area contributed by atoms with E-state index in [1.54, 1.807) is 11.8 Å². The van der Waals surface area contributed by atoms with E-state index in [0.717, 1.165) is 22.3 Å². The highest BCUT2D eigenvalue weighted by molar-refractivity contribution is 8.16. The van der Waals surface area contributed by atoms with Crippen molar-refractivity contribution in [2.24, 2.45) is 4.99 Å². The first-order valence-electron chi connectivity index (χ1n) is 7.58. The molecule has 2 nitrogen and oxygen atoms in total. The zero-order chi connectivity index (χ0) is 15.4. The third-order valence-corrected chi connectivity index (χ3v) is 5.60. The van der Waals surface area contributed by atoms with Crippen molar-refractivity contribution in [3.05, 3.63) is 87.4 Å². The van der Waals surface area contributed by atoms with Crippen molar-refractivity contribution in [2.45, 2.75) is 12.5 Å². The summed E-state index contributed by atoms with van der Waals surface area (Å²) in [5.41, 5.74) is 6.44. The molecule has 112 valence electrons. The van der Waals surface area contributed by atoms with Crippen LogP contribution < -0.4 is 0 Å². The Morgan fingerprint density at radius 2 is 1.91 bits per heavy atom. The molecule has 0 saturated carbocycles. The zero-order valence-corrected chi connectivity index (χ0v) is 13.8. The van der Waals surface area contributed by atoms with Gasteiger partial charge in [0.1, 0.15) is 0 Å². The molecule has 0 amide bonds. The summed E-state index contributed by atoms with van der Waals surface area (Å²) in [7, 11) is 0. The van der Waals surface area contributed by atoms with E-state index in [-0.39, 0.29) is 6.04 Å². The molecule has 1 aliphatic carbocycles. The predicted octanol–water partition coefficient (Wildman–Crippen LogP) is 5.24. The van der Waals surface area contributed by atoms with Crippen molar-refractivity contribution in [1.29, 1.82) is 0 Å². The van der Waals surface area contributed by atoms with Crippen LogP contribution in [0.15, 0.2) is 70.7 Å². The second kappa shape index (κ2) is 5.02. The second-order valence-electron chi connectivity index (χ2n) is 5.87. The number of nitrogens with zero attached hydrogens (tertiary/aromatic N) is 2. The van der Waals surface area contributed by atoms with Gasteiger partial charge in [-0.3, -0.25) is 0 Å². The molecular weight excluding hydrogens is 324 g/mol. The van der Waals surface area contributed by atoms with Crippen molar-refractivity contribution < 1.29 is 0 Å². The van der Waals surface area contributed by atoms with Gasteiger partial charge in [0.25, 0.3) is 0 Å². The van der Waals surface area contributed by atoms with E-state index in [9.17, 15) is 0 Å². The maximum absolute atomic E-state index is 6.08. The summed E-state index contributed by atoms with van der Waals surface area (Å²) >= 11 is 7.77. The fraction of sp³-hybridized carbons (Fsp3) is 0.105. The maximum atomic E-state index is 6.08. The largest absolute Gasteiger partial charge is 0.315 e. The first-order chi connectivity index (χ1) is 11.3. The summed E-state index contributed by atoms with van der Waals surface area (Å²) in [6, 6.07) is 17.0. The lowest BCUT2D eigenvalue weighted by molar-refractivity contribution is 0.465. The van der Waals surface area contributed by atoms with Gasteiger partial charge in [-0.2, -0.15) is 0 Å². The average molecular weight is 337 g/mol. The summed E-state index contributed by atoms with van der Waals surface area (Å²) in [5.74, 6) is 0. The highest BCUT2D eigenvalue weighted by Crippen LogP contribution is 2.48. The average Bonchev–Trinajstić information content (AvgIpc) is 3.18. The first-order valence-corrected chi connectivity index (χ1v) is 8.84. The van der Waals surface area contributed by atoms with Crippen LogP contribution in [-0.2, 0) is 6.42 Å². The number of thioether (sulfide) groups is 1. The molecule has 0 saturated heterocycles. The van der Waals surface area contributed by atoms with Crippen molar-refractivity contribution in [3.63, 3.8) is 0 Å². The van der Waals surface area contributed by atoms with Crippen LogP contribution in [0.4, 0.5) is 0 Å². The van der Waals surface area contributed by atoms with Crippen LogP contribution in [0.1, 0.15) is 22.7 Å². The topological polar surface area (TPSA) is 15.6 Å². The molecule has 0 fully saturated rings. The quantitative estimate of drug-likeness (QED) is 0.707. The van der Waals surface area contributed by atoms with Crippen molar-refractivity contribution in [3.8, 4) is 0 Å². The van der Waals surface area contributed by atoms with Crippen LogP contribution in [0.3, 0.4) is 0 Å². The van der Waals surface area contributed by atoms with Gasteiger partial charge in [0.2, 0.25) is 0 Å².